The van der Waals surface area contributed by atoms with Gasteiger partial charge in [-0.3, -0.25) is 9.55 Å². The standard InChI is InChI=1S/C16H21N5O2.C7H16/c1-11(2)19-16(20-13(8-22)9-23)15-12(3)21(10-18-15)14-4-6-17-7-5-14;1-3-5-7-6-4-2/h4-7,10,13,20,22-23H,3,8-9H2,1-2H3;3-7H2,1-2H3/b16-15-;. The molecule has 0 spiro atoms. The van der Waals surface area contributed by atoms with Crippen molar-refractivity contribution in [3.8, 4) is 5.69 Å². The number of rotatable bonds is 10. The predicted molar refractivity (Wildman–Crippen MR) is 124 cm³/mol. The van der Waals surface area contributed by atoms with E-state index in [4.69, 9.17) is 0 Å². The number of imidazole rings is 1. The van der Waals surface area contributed by atoms with Gasteiger partial charge in [-0.25, -0.2) is 9.98 Å². The second-order valence-electron chi connectivity index (χ2n) is 7.29. The summed E-state index contributed by atoms with van der Waals surface area (Å²) in [5.41, 5.74) is 1.71. The minimum atomic E-state index is -0.515. The molecule has 2 heterocycles. The molecule has 0 amide bonds. The van der Waals surface area contributed by atoms with Gasteiger partial charge in [0.25, 0.3) is 0 Å². The molecular weight excluding hydrogens is 378 g/mol. The number of nitrogens with one attached hydrogen (secondary N) is 1. The van der Waals surface area contributed by atoms with Gasteiger partial charge in [0.1, 0.15) is 11.7 Å². The Morgan fingerprint density at radius 2 is 1.70 bits per heavy atom. The molecule has 166 valence electrons. The second-order valence-corrected chi connectivity index (χ2v) is 7.29. The van der Waals surface area contributed by atoms with Crippen molar-refractivity contribution in [2.24, 2.45) is 4.99 Å². The van der Waals surface area contributed by atoms with E-state index in [2.05, 4.69) is 40.7 Å². The molecule has 0 saturated heterocycles. The minimum absolute atomic E-state index is 0.212. The van der Waals surface area contributed by atoms with Gasteiger partial charge in [-0.15, -0.1) is 0 Å². The molecule has 0 aliphatic rings. The monoisotopic (exact) mass is 415 g/mol. The van der Waals surface area contributed by atoms with Crippen LogP contribution in [0.4, 0.5) is 0 Å². The fraction of sp³-hybridized carbons (Fsp3) is 0.522. The van der Waals surface area contributed by atoms with Crippen molar-refractivity contribution in [3.05, 3.63) is 41.6 Å². The highest BCUT2D eigenvalue weighted by Gasteiger charge is 2.10. The summed E-state index contributed by atoms with van der Waals surface area (Å²) < 4.78 is 1.83. The molecular formula is C23H37N5O2. The third-order valence-corrected chi connectivity index (χ3v) is 4.36. The first-order chi connectivity index (χ1) is 14.5. The SMILES string of the molecule is C=c1/c(=C(\N=C(C)C)NC(CO)CO)ncn1-c1ccncc1.CCCCCCC. The summed E-state index contributed by atoms with van der Waals surface area (Å²) in [4.78, 5) is 12.8. The number of unbranched alkanes of at least 4 members (excludes halogenated alkanes) is 4. The third kappa shape index (κ3) is 8.47. The molecule has 30 heavy (non-hydrogen) atoms. The smallest absolute Gasteiger partial charge is 0.154 e. The number of aliphatic hydroxyl groups is 2. The highest BCUT2D eigenvalue weighted by atomic mass is 16.3. The zero-order chi connectivity index (χ0) is 22.4. The van der Waals surface area contributed by atoms with Crippen LogP contribution in [0.25, 0.3) is 18.1 Å². The van der Waals surface area contributed by atoms with Crippen LogP contribution in [0.15, 0.2) is 35.8 Å². The van der Waals surface area contributed by atoms with Gasteiger partial charge in [0, 0.05) is 18.1 Å². The van der Waals surface area contributed by atoms with Gasteiger partial charge in [-0.2, -0.15) is 0 Å². The van der Waals surface area contributed by atoms with Crippen molar-refractivity contribution in [1.29, 1.82) is 0 Å². The molecule has 0 aliphatic carbocycles. The zero-order valence-corrected chi connectivity index (χ0v) is 18.8. The molecule has 0 unspecified atom stereocenters. The Hall–Kier alpha value is -2.51. The van der Waals surface area contributed by atoms with Crippen molar-refractivity contribution < 1.29 is 10.2 Å². The molecule has 7 nitrogen and oxygen atoms in total. The van der Waals surface area contributed by atoms with E-state index in [-0.39, 0.29) is 13.2 Å². The van der Waals surface area contributed by atoms with E-state index in [1.807, 2.05) is 30.5 Å². The highest BCUT2D eigenvalue weighted by molar-refractivity contribution is 5.82. The number of aliphatic hydroxyl groups excluding tert-OH is 2. The lowest BCUT2D eigenvalue weighted by Gasteiger charge is -2.14. The number of nitrogens with zero attached hydrogens (tertiary/aromatic N) is 4. The maximum atomic E-state index is 9.28. The predicted octanol–water partition coefficient (Wildman–Crippen LogP) is 2.14. The van der Waals surface area contributed by atoms with Crippen LogP contribution in [0.5, 0.6) is 0 Å². The Kier molecular flexibility index (Phi) is 12.3. The number of aliphatic imine (C=N–C) groups is 1. The Labute approximate surface area is 179 Å². The average Bonchev–Trinajstić information content (AvgIpc) is 3.13. The summed E-state index contributed by atoms with van der Waals surface area (Å²) in [5, 5.41) is 22.8. The maximum absolute atomic E-state index is 9.28. The molecule has 0 bridgehead atoms. The fourth-order valence-corrected chi connectivity index (χ4v) is 2.70. The highest BCUT2D eigenvalue weighted by Crippen LogP contribution is 2.01. The number of pyridine rings is 1. The normalized spacial score (nSPS) is 11.6. The Morgan fingerprint density at radius 1 is 1.10 bits per heavy atom. The van der Waals surface area contributed by atoms with Crippen LogP contribution in [0.1, 0.15) is 59.8 Å². The first-order valence-corrected chi connectivity index (χ1v) is 10.7. The molecule has 3 N–H and O–H groups in total. The van der Waals surface area contributed by atoms with Crippen LogP contribution >= 0.6 is 0 Å². The number of hydrogen-bond acceptors (Lipinski definition) is 6. The van der Waals surface area contributed by atoms with Gasteiger partial charge in [-0.05, 0) is 26.0 Å². The van der Waals surface area contributed by atoms with Gasteiger partial charge in [-0.1, -0.05) is 52.5 Å². The van der Waals surface area contributed by atoms with E-state index in [1.54, 1.807) is 18.7 Å². The van der Waals surface area contributed by atoms with Crippen molar-refractivity contribution >= 4 is 18.1 Å². The summed E-state index contributed by atoms with van der Waals surface area (Å²) in [6, 6.07) is 3.19. The summed E-state index contributed by atoms with van der Waals surface area (Å²) in [6.07, 6.45) is 12.1. The number of hydrogen-bond donors (Lipinski definition) is 3. The maximum Gasteiger partial charge on any atom is 0.154 e. The quantitative estimate of drug-likeness (QED) is 0.408. The van der Waals surface area contributed by atoms with Crippen LogP contribution in [0.2, 0.25) is 0 Å². The van der Waals surface area contributed by atoms with Crippen molar-refractivity contribution in [1.82, 2.24) is 19.9 Å². The van der Waals surface area contributed by atoms with Crippen LogP contribution in [0.3, 0.4) is 0 Å². The summed E-state index contributed by atoms with van der Waals surface area (Å²) in [7, 11) is 0. The van der Waals surface area contributed by atoms with E-state index in [0.717, 1.165) is 11.4 Å². The van der Waals surface area contributed by atoms with E-state index < -0.39 is 6.04 Å². The van der Waals surface area contributed by atoms with E-state index in [0.29, 0.717) is 16.5 Å². The van der Waals surface area contributed by atoms with E-state index in [9.17, 15) is 10.2 Å². The van der Waals surface area contributed by atoms with Crippen LogP contribution in [-0.4, -0.2) is 49.7 Å². The fourth-order valence-electron chi connectivity index (χ4n) is 2.70. The van der Waals surface area contributed by atoms with E-state index in [1.165, 1.54) is 32.1 Å². The van der Waals surface area contributed by atoms with Crippen LogP contribution in [-0.2, 0) is 0 Å². The summed E-state index contributed by atoms with van der Waals surface area (Å²) >= 11 is 0. The molecule has 2 rings (SSSR count). The van der Waals surface area contributed by atoms with Crippen LogP contribution < -0.4 is 16.0 Å². The van der Waals surface area contributed by atoms with Gasteiger partial charge in [0.15, 0.2) is 5.82 Å². The molecule has 2 aromatic rings. The van der Waals surface area contributed by atoms with Gasteiger partial charge in [0.05, 0.1) is 30.3 Å². The number of aromatic nitrogens is 3. The first-order valence-electron chi connectivity index (χ1n) is 10.7. The van der Waals surface area contributed by atoms with Crippen LogP contribution in [0, 0.1) is 0 Å². The summed E-state index contributed by atoms with van der Waals surface area (Å²) in [6.45, 7) is 11.9. The first kappa shape index (κ1) is 25.5. The second kappa shape index (κ2) is 14.5. The molecule has 0 atom stereocenters. The molecule has 7 heteroatoms. The lowest BCUT2D eigenvalue weighted by molar-refractivity contribution is 0.181. The average molecular weight is 416 g/mol. The minimum Gasteiger partial charge on any atom is -0.394 e. The van der Waals surface area contributed by atoms with Crippen molar-refractivity contribution in [2.75, 3.05) is 13.2 Å². The molecule has 0 aliphatic heterocycles. The molecule has 0 fully saturated rings. The van der Waals surface area contributed by atoms with E-state index >= 15 is 0 Å². The zero-order valence-electron chi connectivity index (χ0n) is 18.8. The van der Waals surface area contributed by atoms with Gasteiger partial charge >= 0.3 is 0 Å². The van der Waals surface area contributed by atoms with Crippen molar-refractivity contribution in [3.63, 3.8) is 0 Å². The lowest BCUT2D eigenvalue weighted by Crippen LogP contribution is -2.40. The molecule has 0 saturated carbocycles. The summed E-state index contributed by atoms with van der Waals surface area (Å²) in [5.74, 6) is 0.468. The van der Waals surface area contributed by atoms with Gasteiger partial charge < -0.3 is 15.5 Å². The molecule has 2 aromatic heterocycles. The third-order valence-electron chi connectivity index (χ3n) is 4.36. The Morgan fingerprint density at radius 3 is 2.20 bits per heavy atom. The molecule has 0 aromatic carbocycles. The largest absolute Gasteiger partial charge is 0.394 e. The topological polar surface area (TPSA) is 95.6 Å². The Bertz CT molecular complexity index is 849. The van der Waals surface area contributed by atoms with Gasteiger partial charge in [0.2, 0.25) is 0 Å². The molecule has 0 radical (unpaired) electrons. The van der Waals surface area contributed by atoms with Crippen molar-refractivity contribution in [2.45, 2.75) is 65.8 Å². The Balaban J connectivity index is 0.000000553. The lowest BCUT2D eigenvalue weighted by atomic mass is 10.2.